The van der Waals surface area contributed by atoms with E-state index in [1.54, 1.807) is 6.92 Å². The maximum atomic E-state index is 11.2. The van der Waals surface area contributed by atoms with Crippen molar-refractivity contribution in [3.05, 3.63) is 35.9 Å². The molecule has 1 N–H and O–H groups in total. The van der Waals surface area contributed by atoms with Crippen LogP contribution in [0.2, 0.25) is 0 Å². The zero-order valence-electron chi connectivity index (χ0n) is 11.3. The highest BCUT2D eigenvalue weighted by Gasteiger charge is 2.24. The molecule has 2 nitrogen and oxygen atoms in total. The van der Waals surface area contributed by atoms with Gasteiger partial charge in [0.1, 0.15) is 0 Å². The molecule has 0 aliphatic rings. The summed E-state index contributed by atoms with van der Waals surface area (Å²) in [5, 5.41) is 3.05. The molecule has 2 heteroatoms. The summed E-state index contributed by atoms with van der Waals surface area (Å²) in [6, 6.07) is 10.6. The van der Waals surface area contributed by atoms with Crippen LogP contribution in [0.3, 0.4) is 0 Å². The van der Waals surface area contributed by atoms with Crippen molar-refractivity contribution < 1.29 is 4.79 Å². The molecule has 0 aromatic heterocycles. The molecule has 0 saturated heterocycles. The average molecular weight is 233 g/mol. The Labute approximate surface area is 104 Å². The van der Waals surface area contributed by atoms with Crippen LogP contribution in [0.15, 0.2) is 30.3 Å². The predicted molar refractivity (Wildman–Crippen MR) is 71.8 cm³/mol. The molecule has 0 heterocycles. The first-order chi connectivity index (χ1) is 7.89. The van der Waals surface area contributed by atoms with Gasteiger partial charge in [-0.15, -0.1) is 0 Å². The third-order valence-corrected chi connectivity index (χ3v) is 2.99. The molecular formula is C15H23NO. The fourth-order valence-corrected chi connectivity index (χ4v) is 1.92. The van der Waals surface area contributed by atoms with Gasteiger partial charge in [-0.2, -0.15) is 0 Å². The van der Waals surface area contributed by atoms with Crippen molar-refractivity contribution in [2.24, 2.45) is 5.41 Å². The largest absolute Gasteiger partial charge is 0.353 e. The number of hydrogen-bond acceptors (Lipinski definition) is 1. The molecule has 0 spiro atoms. The number of carbonyl (C=O) groups is 1. The lowest BCUT2D eigenvalue weighted by Gasteiger charge is -2.31. The Bertz CT molecular complexity index is 351. The van der Waals surface area contributed by atoms with E-state index < -0.39 is 0 Å². The lowest BCUT2D eigenvalue weighted by atomic mass is 9.83. The minimum Gasteiger partial charge on any atom is -0.353 e. The molecule has 0 bridgehead atoms. The molecule has 0 aliphatic carbocycles. The summed E-state index contributed by atoms with van der Waals surface area (Å²) in [6.45, 7) is 8.08. The molecule has 17 heavy (non-hydrogen) atoms. The molecule has 1 amide bonds. The van der Waals surface area contributed by atoms with Crippen molar-refractivity contribution in [2.45, 2.75) is 46.6 Å². The second-order valence-corrected chi connectivity index (χ2v) is 5.64. The van der Waals surface area contributed by atoms with Gasteiger partial charge in [0.2, 0.25) is 5.91 Å². The van der Waals surface area contributed by atoms with Gasteiger partial charge in [-0.05, 0) is 23.8 Å². The minimum absolute atomic E-state index is 0.0537. The Kier molecular flexibility index (Phi) is 4.73. The second kappa shape index (κ2) is 5.85. The van der Waals surface area contributed by atoms with E-state index in [1.807, 2.05) is 6.07 Å². The first-order valence-corrected chi connectivity index (χ1v) is 6.20. The Morgan fingerprint density at radius 2 is 1.82 bits per heavy atom. The van der Waals surface area contributed by atoms with E-state index in [2.05, 4.69) is 50.4 Å². The monoisotopic (exact) mass is 233 g/mol. The predicted octanol–water partition coefficient (Wildman–Crippen LogP) is 3.17. The minimum atomic E-state index is 0.0537. The molecule has 1 atom stereocenters. The Balaban J connectivity index is 2.59. The SMILES string of the molecule is CC(=O)N[C@@H](CCc1ccccc1)C(C)(C)C. The van der Waals surface area contributed by atoms with Crippen molar-refractivity contribution in [1.82, 2.24) is 5.32 Å². The summed E-state index contributed by atoms with van der Waals surface area (Å²) >= 11 is 0. The maximum Gasteiger partial charge on any atom is 0.217 e. The number of nitrogens with one attached hydrogen (secondary N) is 1. The lowest BCUT2D eigenvalue weighted by Crippen LogP contribution is -2.43. The highest BCUT2D eigenvalue weighted by Crippen LogP contribution is 2.23. The number of benzene rings is 1. The summed E-state index contributed by atoms with van der Waals surface area (Å²) in [5.74, 6) is 0.0537. The van der Waals surface area contributed by atoms with Crippen LogP contribution in [-0.2, 0) is 11.2 Å². The van der Waals surface area contributed by atoms with Crippen molar-refractivity contribution in [2.75, 3.05) is 0 Å². The first-order valence-electron chi connectivity index (χ1n) is 6.20. The van der Waals surface area contributed by atoms with Crippen LogP contribution in [0.1, 0.15) is 39.7 Å². The van der Waals surface area contributed by atoms with Crippen molar-refractivity contribution in [1.29, 1.82) is 0 Å². The van der Waals surface area contributed by atoms with Crippen LogP contribution >= 0.6 is 0 Å². The smallest absolute Gasteiger partial charge is 0.217 e. The van der Waals surface area contributed by atoms with Gasteiger partial charge in [0, 0.05) is 13.0 Å². The van der Waals surface area contributed by atoms with Gasteiger partial charge < -0.3 is 5.32 Å². The summed E-state index contributed by atoms with van der Waals surface area (Å²) in [4.78, 5) is 11.2. The fraction of sp³-hybridized carbons (Fsp3) is 0.533. The highest BCUT2D eigenvalue weighted by atomic mass is 16.1. The molecule has 0 unspecified atom stereocenters. The Morgan fingerprint density at radius 1 is 1.24 bits per heavy atom. The zero-order chi connectivity index (χ0) is 12.9. The Hall–Kier alpha value is -1.31. The Morgan fingerprint density at radius 3 is 2.29 bits per heavy atom. The van der Waals surface area contributed by atoms with E-state index in [4.69, 9.17) is 0 Å². The third kappa shape index (κ3) is 5.03. The highest BCUT2D eigenvalue weighted by molar-refractivity contribution is 5.73. The molecule has 1 aromatic carbocycles. The summed E-state index contributed by atoms with van der Waals surface area (Å²) in [7, 11) is 0. The van der Waals surface area contributed by atoms with E-state index in [-0.39, 0.29) is 17.4 Å². The average Bonchev–Trinajstić information content (AvgIpc) is 2.23. The molecular weight excluding hydrogens is 210 g/mol. The third-order valence-electron chi connectivity index (χ3n) is 2.99. The van der Waals surface area contributed by atoms with E-state index in [1.165, 1.54) is 5.56 Å². The second-order valence-electron chi connectivity index (χ2n) is 5.64. The fourth-order valence-electron chi connectivity index (χ4n) is 1.92. The number of carbonyl (C=O) groups excluding carboxylic acids is 1. The molecule has 0 fully saturated rings. The van der Waals surface area contributed by atoms with E-state index >= 15 is 0 Å². The topological polar surface area (TPSA) is 29.1 Å². The molecule has 1 aromatic rings. The van der Waals surface area contributed by atoms with E-state index in [9.17, 15) is 4.79 Å². The van der Waals surface area contributed by atoms with Gasteiger partial charge in [-0.1, -0.05) is 51.1 Å². The lowest BCUT2D eigenvalue weighted by molar-refractivity contribution is -0.120. The molecule has 94 valence electrons. The zero-order valence-corrected chi connectivity index (χ0v) is 11.3. The van der Waals surface area contributed by atoms with Gasteiger partial charge in [-0.3, -0.25) is 4.79 Å². The molecule has 0 radical (unpaired) electrons. The van der Waals surface area contributed by atoms with Gasteiger partial charge in [0.15, 0.2) is 0 Å². The number of amides is 1. The van der Waals surface area contributed by atoms with Crippen LogP contribution < -0.4 is 5.32 Å². The summed E-state index contributed by atoms with van der Waals surface area (Å²) in [6.07, 6.45) is 1.98. The van der Waals surface area contributed by atoms with Crippen LogP contribution in [0.5, 0.6) is 0 Å². The number of aryl methyl sites for hydroxylation is 1. The molecule has 1 rings (SSSR count). The van der Waals surface area contributed by atoms with Gasteiger partial charge in [0.25, 0.3) is 0 Å². The van der Waals surface area contributed by atoms with Gasteiger partial charge >= 0.3 is 0 Å². The van der Waals surface area contributed by atoms with Crippen LogP contribution in [0, 0.1) is 5.41 Å². The summed E-state index contributed by atoms with van der Waals surface area (Å²) < 4.78 is 0. The summed E-state index contributed by atoms with van der Waals surface area (Å²) in [5.41, 5.74) is 1.42. The number of rotatable bonds is 4. The van der Waals surface area contributed by atoms with Crippen LogP contribution in [0.4, 0.5) is 0 Å². The quantitative estimate of drug-likeness (QED) is 0.850. The van der Waals surface area contributed by atoms with Crippen LogP contribution in [-0.4, -0.2) is 11.9 Å². The maximum absolute atomic E-state index is 11.2. The molecule has 0 saturated carbocycles. The molecule has 0 aliphatic heterocycles. The van der Waals surface area contributed by atoms with Crippen molar-refractivity contribution >= 4 is 5.91 Å². The van der Waals surface area contributed by atoms with Crippen molar-refractivity contribution in [3.8, 4) is 0 Å². The van der Waals surface area contributed by atoms with Crippen LogP contribution in [0.25, 0.3) is 0 Å². The van der Waals surface area contributed by atoms with Gasteiger partial charge in [0.05, 0.1) is 0 Å². The number of hydrogen-bond donors (Lipinski definition) is 1. The van der Waals surface area contributed by atoms with E-state index in [0.29, 0.717) is 0 Å². The first kappa shape index (κ1) is 13.8. The normalized spacial score (nSPS) is 13.2. The van der Waals surface area contributed by atoms with Crippen molar-refractivity contribution in [3.63, 3.8) is 0 Å². The standard InChI is InChI=1S/C15H23NO/c1-12(17)16-14(15(2,3)4)11-10-13-8-6-5-7-9-13/h5-9,14H,10-11H2,1-4H3,(H,16,17)/t14-/m0/s1. The van der Waals surface area contributed by atoms with Gasteiger partial charge in [-0.25, -0.2) is 0 Å². The van der Waals surface area contributed by atoms with E-state index in [0.717, 1.165) is 12.8 Å².